The Hall–Kier alpha value is -2.63. The van der Waals surface area contributed by atoms with E-state index in [0.29, 0.717) is 12.1 Å². The average Bonchev–Trinajstić information content (AvgIpc) is 2.25. The topological polar surface area (TPSA) is 110 Å². The van der Waals surface area contributed by atoms with E-state index in [1.807, 2.05) is 0 Å². The maximum Gasteiger partial charge on any atom is 0.418 e. The number of alkyl halides is 3. The molecular weight excluding hydrogens is 255 g/mol. The number of rotatable bonds is 2. The zero-order valence-electron chi connectivity index (χ0n) is 8.49. The first-order valence-electron chi connectivity index (χ1n) is 4.28. The van der Waals surface area contributed by atoms with E-state index in [1.165, 1.54) is 0 Å². The molecule has 0 spiro atoms. The first-order chi connectivity index (χ1) is 8.20. The molecule has 0 aromatic heterocycles. The molecular formula is C9H4F3N3O3. The third-order valence-electron chi connectivity index (χ3n) is 2.04. The highest BCUT2D eigenvalue weighted by molar-refractivity contribution is 5.95. The van der Waals surface area contributed by atoms with Gasteiger partial charge in [-0.1, -0.05) is 0 Å². The summed E-state index contributed by atoms with van der Waals surface area (Å²) in [5, 5.41) is 19.1. The van der Waals surface area contributed by atoms with E-state index >= 15 is 0 Å². The second kappa shape index (κ2) is 4.33. The van der Waals surface area contributed by atoms with E-state index in [0.717, 1.165) is 6.07 Å². The predicted octanol–water partition coefficient (Wildman–Crippen LogP) is 1.58. The van der Waals surface area contributed by atoms with Crippen molar-refractivity contribution in [3.8, 4) is 6.07 Å². The second-order valence-electron chi connectivity index (χ2n) is 3.11. The van der Waals surface area contributed by atoms with Crippen molar-refractivity contribution in [1.29, 1.82) is 5.26 Å². The standard InChI is InChI=1S/C9H4F3N3O3/c10-9(11,12)7-4(8(14)16)1-2-6(15(17)18)5(7)3-13/h1-2H,(H2,14,16). The molecule has 0 aliphatic rings. The van der Waals surface area contributed by atoms with Crippen LogP contribution in [0.4, 0.5) is 18.9 Å². The molecule has 18 heavy (non-hydrogen) atoms. The van der Waals surface area contributed by atoms with Crippen LogP contribution in [0.2, 0.25) is 0 Å². The zero-order valence-corrected chi connectivity index (χ0v) is 8.49. The molecule has 0 aliphatic carbocycles. The van der Waals surface area contributed by atoms with Crippen molar-refractivity contribution in [3.05, 3.63) is 38.9 Å². The van der Waals surface area contributed by atoms with Crippen molar-refractivity contribution >= 4 is 11.6 Å². The number of nitrogens with two attached hydrogens (primary N) is 1. The van der Waals surface area contributed by atoms with Gasteiger partial charge in [0.25, 0.3) is 5.69 Å². The molecule has 0 radical (unpaired) electrons. The van der Waals surface area contributed by atoms with Crippen molar-refractivity contribution in [2.45, 2.75) is 6.18 Å². The van der Waals surface area contributed by atoms with Crippen molar-refractivity contribution in [1.82, 2.24) is 0 Å². The van der Waals surface area contributed by atoms with E-state index in [4.69, 9.17) is 11.0 Å². The van der Waals surface area contributed by atoms with Crippen LogP contribution in [-0.2, 0) is 6.18 Å². The van der Waals surface area contributed by atoms with E-state index in [2.05, 4.69) is 0 Å². The van der Waals surface area contributed by atoms with Crippen LogP contribution in [0.1, 0.15) is 21.5 Å². The molecule has 0 heterocycles. The van der Waals surface area contributed by atoms with Gasteiger partial charge >= 0.3 is 6.18 Å². The van der Waals surface area contributed by atoms with Crippen LogP contribution < -0.4 is 5.73 Å². The number of halogens is 3. The molecule has 1 aromatic rings. The van der Waals surface area contributed by atoms with Gasteiger partial charge in [0.05, 0.1) is 16.1 Å². The highest BCUT2D eigenvalue weighted by atomic mass is 19.4. The monoisotopic (exact) mass is 259 g/mol. The Morgan fingerprint density at radius 2 is 2.00 bits per heavy atom. The summed E-state index contributed by atoms with van der Waals surface area (Å²) in [7, 11) is 0. The number of primary amides is 1. The molecule has 0 unspecified atom stereocenters. The molecule has 1 amide bonds. The number of carbonyl (C=O) groups excluding carboxylic acids is 1. The van der Waals surface area contributed by atoms with Gasteiger partial charge in [-0.05, 0) is 6.07 Å². The smallest absolute Gasteiger partial charge is 0.366 e. The average molecular weight is 259 g/mol. The van der Waals surface area contributed by atoms with Gasteiger partial charge in [0, 0.05) is 6.07 Å². The molecule has 0 saturated heterocycles. The number of hydrogen-bond acceptors (Lipinski definition) is 4. The lowest BCUT2D eigenvalue weighted by atomic mass is 9.99. The van der Waals surface area contributed by atoms with Gasteiger partial charge in [-0.2, -0.15) is 18.4 Å². The van der Waals surface area contributed by atoms with Crippen molar-refractivity contribution in [3.63, 3.8) is 0 Å². The van der Waals surface area contributed by atoms with Crippen LogP contribution in [0.15, 0.2) is 12.1 Å². The minimum atomic E-state index is -5.10. The summed E-state index contributed by atoms with van der Waals surface area (Å²) >= 11 is 0. The number of hydrogen-bond donors (Lipinski definition) is 1. The Morgan fingerprint density at radius 3 is 2.33 bits per heavy atom. The number of amides is 1. The largest absolute Gasteiger partial charge is 0.418 e. The Morgan fingerprint density at radius 1 is 1.44 bits per heavy atom. The van der Waals surface area contributed by atoms with Gasteiger partial charge in [0.1, 0.15) is 11.6 Å². The third-order valence-corrected chi connectivity index (χ3v) is 2.04. The van der Waals surface area contributed by atoms with Crippen LogP contribution in [0.5, 0.6) is 0 Å². The number of nitro groups is 1. The lowest BCUT2D eigenvalue weighted by Crippen LogP contribution is -2.21. The number of carbonyl (C=O) groups is 1. The Bertz CT molecular complexity index is 575. The Balaban J connectivity index is 3.80. The van der Waals surface area contributed by atoms with E-state index < -0.39 is 39.4 Å². The summed E-state index contributed by atoms with van der Waals surface area (Å²) in [4.78, 5) is 20.2. The van der Waals surface area contributed by atoms with Crippen molar-refractivity contribution in [2.24, 2.45) is 5.73 Å². The number of nitriles is 1. The molecule has 94 valence electrons. The van der Waals surface area contributed by atoms with E-state index in [1.54, 1.807) is 0 Å². The predicted molar refractivity (Wildman–Crippen MR) is 51.3 cm³/mol. The fraction of sp³-hybridized carbons (Fsp3) is 0.111. The van der Waals surface area contributed by atoms with Crippen LogP contribution in [0, 0.1) is 21.4 Å². The van der Waals surface area contributed by atoms with Gasteiger partial charge in [0.2, 0.25) is 5.91 Å². The quantitative estimate of drug-likeness (QED) is 0.642. The van der Waals surface area contributed by atoms with Gasteiger partial charge in [-0.3, -0.25) is 14.9 Å². The van der Waals surface area contributed by atoms with E-state index in [9.17, 15) is 28.1 Å². The minimum absolute atomic E-state index is 0.574. The maximum atomic E-state index is 12.7. The summed E-state index contributed by atoms with van der Waals surface area (Å²) < 4.78 is 38.2. The van der Waals surface area contributed by atoms with Gasteiger partial charge in [-0.15, -0.1) is 0 Å². The number of nitro benzene ring substituents is 1. The molecule has 1 aromatic carbocycles. The van der Waals surface area contributed by atoms with Crippen LogP contribution in [0.3, 0.4) is 0 Å². The zero-order chi connectivity index (χ0) is 14.1. The molecule has 0 bridgehead atoms. The fourth-order valence-corrected chi connectivity index (χ4v) is 1.36. The second-order valence-corrected chi connectivity index (χ2v) is 3.11. The molecule has 1 rings (SSSR count). The SMILES string of the molecule is N#Cc1c([N+](=O)[O-])ccc(C(N)=O)c1C(F)(F)F. The third kappa shape index (κ3) is 2.22. The van der Waals surface area contributed by atoms with Gasteiger partial charge in [-0.25, -0.2) is 0 Å². The summed E-state index contributed by atoms with van der Waals surface area (Å²) in [5.41, 5.74) is -0.192. The maximum absolute atomic E-state index is 12.7. The number of nitrogens with zero attached hydrogens (tertiary/aromatic N) is 2. The Kier molecular flexibility index (Phi) is 3.23. The summed E-state index contributed by atoms with van der Waals surface area (Å²) in [6, 6.07) is 2.28. The highest BCUT2D eigenvalue weighted by Gasteiger charge is 2.41. The summed E-state index contributed by atoms with van der Waals surface area (Å²) in [5.74, 6) is -1.42. The molecule has 0 aliphatic heterocycles. The molecule has 9 heteroatoms. The first kappa shape index (κ1) is 13.4. The van der Waals surface area contributed by atoms with Gasteiger partial charge < -0.3 is 5.73 Å². The molecule has 0 fully saturated rings. The van der Waals surface area contributed by atoms with Crippen LogP contribution >= 0.6 is 0 Å². The van der Waals surface area contributed by atoms with Crippen LogP contribution in [-0.4, -0.2) is 10.8 Å². The normalized spacial score (nSPS) is 10.8. The lowest BCUT2D eigenvalue weighted by molar-refractivity contribution is -0.385. The van der Waals surface area contributed by atoms with Gasteiger partial charge in [0.15, 0.2) is 0 Å². The molecule has 0 atom stereocenters. The summed E-state index contributed by atoms with van der Waals surface area (Å²) in [6.45, 7) is 0. The Labute approximate surface area is 97.6 Å². The van der Waals surface area contributed by atoms with E-state index in [-0.39, 0.29) is 0 Å². The minimum Gasteiger partial charge on any atom is -0.366 e. The van der Waals surface area contributed by atoms with Crippen molar-refractivity contribution in [2.75, 3.05) is 0 Å². The highest BCUT2D eigenvalue weighted by Crippen LogP contribution is 2.37. The van der Waals surface area contributed by atoms with Crippen LogP contribution in [0.25, 0.3) is 0 Å². The molecule has 6 nitrogen and oxygen atoms in total. The summed E-state index contributed by atoms with van der Waals surface area (Å²) in [6.07, 6.45) is -5.10. The lowest BCUT2D eigenvalue weighted by Gasteiger charge is -2.12. The molecule has 2 N–H and O–H groups in total. The van der Waals surface area contributed by atoms with Crippen molar-refractivity contribution < 1.29 is 22.9 Å². The fourth-order valence-electron chi connectivity index (χ4n) is 1.36. The molecule has 0 saturated carbocycles. The first-order valence-corrected chi connectivity index (χ1v) is 4.28. The number of benzene rings is 1.